The molecule has 2 aromatic heterocycles. The Bertz CT molecular complexity index is 3030. The molecular formula is C51H34N4. The predicted octanol–water partition coefficient (Wildman–Crippen LogP) is 12.8. The first-order chi connectivity index (χ1) is 27.3. The largest absolute Gasteiger partial charge is 0.313 e. The van der Waals surface area contributed by atoms with Crippen LogP contribution in [0.3, 0.4) is 0 Å². The van der Waals surface area contributed by atoms with E-state index in [1.54, 1.807) is 0 Å². The molecule has 0 N–H and O–H groups in total. The SMILES string of the molecule is C1=C(c2ccc3c4ccccc4c4ccccc4c3c2)CCc2c1c1c(-c3nc(-c4ccccc4)nc(-c4ccccc4)n3)cccc1n2-c1ccccc1. The van der Waals surface area contributed by atoms with Gasteiger partial charge in [-0.2, -0.15) is 0 Å². The summed E-state index contributed by atoms with van der Waals surface area (Å²) < 4.78 is 2.44. The van der Waals surface area contributed by atoms with E-state index in [1.807, 2.05) is 36.4 Å². The molecule has 0 saturated heterocycles. The molecule has 8 aromatic carbocycles. The van der Waals surface area contributed by atoms with Crippen LogP contribution in [-0.2, 0) is 6.42 Å². The van der Waals surface area contributed by atoms with Crippen LogP contribution in [0.1, 0.15) is 23.2 Å². The van der Waals surface area contributed by atoms with E-state index in [9.17, 15) is 0 Å². The molecule has 4 nitrogen and oxygen atoms in total. The standard InChI is InChI=1S/C51H34N4/c1-4-15-33(16-5-1)49-52-50(34-17-6-2-7-18-34)54-51(53-49)43-25-14-26-47-48(43)45-32-36(28-30-46(45)55(47)37-19-8-3-9-20-37)35-27-29-42-40-23-11-10-21-38(40)39-22-12-13-24-41(39)44(42)31-35/h1-27,29,31-32H,28,30H2. The third kappa shape index (κ3) is 5.18. The summed E-state index contributed by atoms with van der Waals surface area (Å²) >= 11 is 0. The van der Waals surface area contributed by atoms with Gasteiger partial charge in [-0.1, -0.05) is 152 Å². The molecule has 55 heavy (non-hydrogen) atoms. The predicted molar refractivity (Wildman–Crippen MR) is 228 cm³/mol. The van der Waals surface area contributed by atoms with E-state index in [1.165, 1.54) is 54.7 Å². The Morgan fingerprint density at radius 2 is 0.927 bits per heavy atom. The minimum absolute atomic E-state index is 0.657. The first kappa shape index (κ1) is 31.4. The molecule has 258 valence electrons. The average Bonchev–Trinajstić information content (AvgIpc) is 3.61. The minimum atomic E-state index is 0.657. The summed E-state index contributed by atoms with van der Waals surface area (Å²) in [7, 11) is 0. The zero-order chi connectivity index (χ0) is 36.3. The minimum Gasteiger partial charge on any atom is -0.313 e. The van der Waals surface area contributed by atoms with Crippen molar-refractivity contribution in [2.75, 3.05) is 0 Å². The highest BCUT2D eigenvalue weighted by molar-refractivity contribution is 6.25. The molecule has 0 spiro atoms. The van der Waals surface area contributed by atoms with Crippen LogP contribution in [0.4, 0.5) is 0 Å². The second-order valence-corrected chi connectivity index (χ2v) is 14.3. The Morgan fingerprint density at radius 1 is 0.400 bits per heavy atom. The molecule has 0 unspecified atom stereocenters. The fourth-order valence-electron chi connectivity index (χ4n) is 8.64. The van der Waals surface area contributed by atoms with E-state index in [0.29, 0.717) is 17.5 Å². The number of para-hydroxylation sites is 1. The van der Waals surface area contributed by atoms with Crippen molar-refractivity contribution in [3.05, 3.63) is 193 Å². The summed E-state index contributed by atoms with van der Waals surface area (Å²) in [6.45, 7) is 0. The van der Waals surface area contributed by atoms with E-state index in [-0.39, 0.29) is 0 Å². The van der Waals surface area contributed by atoms with E-state index >= 15 is 0 Å². The smallest absolute Gasteiger partial charge is 0.164 e. The topological polar surface area (TPSA) is 43.6 Å². The summed E-state index contributed by atoms with van der Waals surface area (Å²) in [5, 5.41) is 8.90. The van der Waals surface area contributed by atoms with Gasteiger partial charge in [0.2, 0.25) is 0 Å². The van der Waals surface area contributed by atoms with Crippen LogP contribution in [0.2, 0.25) is 0 Å². The second-order valence-electron chi connectivity index (χ2n) is 14.3. The van der Waals surface area contributed by atoms with Gasteiger partial charge < -0.3 is 4.57 Å². The maximum absolute atomic E-state index is 5.19. The first-order valence-corrected chi connectivity index (χ1v) is 18.9. The number of hydrogen-bond donors (Lipinski definition) is 0. The van der Waals surface area contributed by atoms with Crippen molar-refractivity contribution in [2.24, 2.45) is 0 Å². The molecule has 4 heteroatoms. The Morgan fingerprint density at radius 3 is 1.55 bits per heavy atom. The third-order valence-corrected chi connectivity index (χ3v) is 11.2. The molecule has 10 aromatic rings. The average molecular weight is 703 g/mol. The lowest BCUT2D eigenvalue weighted by atomic mass is 9.87. The monoisotopic (exact) mass is 702 g/mol. The van der Waals surface area contributed by atoms with Gasteiger partial charge in [0.1, 0.15) is 0 Å². The van der Waals surface area contributed by atoms with Gasteiger partial charge in [-0.3, -0.25) is 0 Å². The first-order valence-electron chi connectivity index (χ1n) is 18.9. The van der Waals surface area contributed by atoms with Crippen LogP contribution in [0.15, 0.2) is 176 Å². The summed E-state index contributed by atoms with van der Waals surface area (Å²) in [4.78, 5) is 15.4. The molecule has 0 fully saturated rings. The van der Waals surface area contributed by atoms with Gasteiger partial charge >= 0.3 is 0 Å². The maximum atomic E-state index is 5.19. The summed E-state index contributed by atoms with van der Waals surface area (Å²) in [6, 6.07) is 62.4. The van der Waals surface area contributed by atoms with E-state index in [2.05, 4.69) is 150 Å². The Balaban J connectivity index is 1.16. The van der Waals surface area contributed by atoms with Crippen LogP contribution >= 0.6 is 0 Å². The fourth-order valence-corrected chi connectivity index (χ4v) is 8.64. The van der Waals surface area contributed by atoms with Gasteiger partial charge in [-0.25, -0.2) is 15.0 Å². The zero-order valence-corrected chi connectivity index (χ0v) is 30.0. The highest BCUT2D eigenvalue weighted by atomic mass is 15.0. The molecular weight excluding hydrogens is 669 g/mol. The van der Waals surface area contributed by atoms with Gasteiger partial charge in [0.15, 0.2) is 17.5 Å². The lowest BCUT2D eigenvalue weighted by molar-refractivity contribution is 0.898. The Hall–Kier alpha value is -7.17. The fraction of sp³-hybridized carbons (Fsp3) is 0.0392. The number of hydrogen-bond acceptors (Lipinski definition) is 3. The molecule has 0 aliphatic heterocycles. The normalized spacial score (nSPS) is 12.7. The van der Waals surface area contributed by atoms with Gasteiger partial charge in [0.25, 0.3) is 0 Å². The summed E-state index contributed by atoms with van der Waals surface area (Å²) in [6.07, 6.45) is 4.28. The quantitative estimate of drug-likeness (QED) is 0.168. The van der Waals surface area contributed by atoms with E-state index in [0.717, 1.165) is 46.1 Å². The van der Waals surface area contributed by atoms with Crippen LogP contribution in [-0.4, -0.2) is 19.5 Å². The Labute approximate surface area is 318 Å². The molecule has 1 aliphatic carbocycles. The Kier molecular flexibility index (Phi) is 7.27. The lowest BCUT2D eigenvalue weighted by Gasteiger charge is -2.19. The van der Waals surface area contributed by atoms with Crippen LogP contribution < -0.4 is 0 Å². The van der Waals surface area contributed by atoms with Gasteiger partial charge in [-0.15, -0.1) is 0 Å². The molecule has 0 amide bonds. The molecule has 0 atom stereocenters. The van der Waals surface area contributed by atoms with Crippen molar-refractivity contribution in [3.8, 4) is 39.9 Å². The van der Waals surface area contributed by atoms with Crippen molar-refractivity contribution in [2.45, 2.75) is 12.8 Å². The van der Waals surface area contributed by atoms with Gasteiger partial charge in [0, 0.05) is 39.0 Å². The third-order valence-electron chi connectivity index (χ3n) is 11.2. The van der Waals surface area contributed by atoms with Crippen LogP contribution in [0.5, 0.6) is 0 Å². The van der Waals surface area contributed by atoms with E-state index < -0.39 is 0 Å². The molecule has 11 rings (SSSR count). The van der Waals surface area contributed by atoms with Gasteiger partial charge in [-0.05, 0) is 86.6 Å². The number of benzene rings is 8. The van der Waals surface area contributed by atoms with Crippen molar-refractivity contribution in [1.29, 1.82) is 0 Å². The van der Waals surface area contributed by atoms with Crippen molar-refractivity contribution in [1.82, 2.24) is 19.5 Å². The number of aromatic nitrogens is 4. The molecule has 1 aliphatic rings. The molecule has 0 radical (unpaired) electrons. The number of allylic oxidation sites excluding steroid dienone is 1. The maximum Gasteiger partial charge on any atom is 0.164 e. The lowest BCUT2D eigenvalue weighted by Crippen LogP contribution is -2.05. The van der Waals surface area contributed by atoms with Crippen molar-refractivity contribution >= 4 is 54.9 Å². The molecule has 0 bridgehead atoms. The van der Waals surface area contributed by atoms with Crippen molar-refractivity contribution < 1.29 is 0 Å². The summed E-state index contributed by atoms with van der Waals surface area (Å²) in [5.74, 6) is 1.98. The molecule has 0 saturated carbocycles. The van der Waals surface area contributed by atoms with Crippen LogP contribution in [0, 0.1) is 0 Å². The summed E-state index contributed by atoms with van der Waals surface area (Å²) in [5.41, 5.74) is 10.3. The van der Waals surface area contributed by atoms with Crippen LogP contribution in [0.25, 0.3) is 94.7 Å². The van der Waals surface area contributed by atoms with Crippen molar-refractivity contribution in [3.63, 3.8) is 0 Å². The second kappa shape index (κ2) is 12.8. The molecule has 2 heterocycles. The number of fused-ring (bicyclic) bond motifs is 9. The van der Waals surface area contributed by atoms with Gasteiger partial charge in [0.05, 0.1) is 5.52 Å². The number of rotatable bonds is 5. The zero-order valence-electron chi connectivity index (χ0n) is 30.0. The van der Waals surface area contributed by atoms with E-state index in [4.69, 9.17) is 15.0 Å². The number of nitrogens with zero attached hydrogens (tertiary/aromatic N) is 4. The highest BCUT2D eigenvalue weighted by Gasteiger charge is 2.26. The highest BCUT2D eigenvalue weighted by Crippen LogP contribution is 2.44.